The summed E-state index contributed by atoms with van der Waals surface area (Å²) in [6, 6.07) is 12.3. The van der Waals surface area contributed by atoms with E-state index in [9.17, 15) is 5.11 Å². The maximum Gasteiger partial charge on any atom is 0.160 e. The van der Waals surface area contributed by atoms with Gasteiger partial charge in [0.15, 0.2) is 11.5 Å². The fourth-order valence-corrected chi connectivity index (χ4v) is 3.30. The van der Waals surface area contributed by atoms with Crippen LogP contribution in [0.2, 0.25) is 0 Å². The molecule has 1 saturated heterocycles. The first-order chi connectivity index (χ1) is 11.6. The van der Waals surface area contributed by atoms with Crippen LogP contribution in [0.3, 0.4) is 0 Å². The van der Waals surface area contributed by atoms with Crippen molar-refractivity contribution in [3.05, 3.63) is 53.1 Å². The summed E-state index contributed by atoms with van der Waals surface area (Å²) >= 11 is 0. The Bertz CT molecular complexity index is 707. The number of anilines is 1. The third kappa shape index (κ3) is 3.65. The van der Waals surface area contributed by atoms with Crippen molar-refractivity contribution in [3.63, 3.8) is 0 Å². The molecule has 0 aromatic heterocycles. The van der Waals surface area contributed by atoms with Crippen LogP contribution >= 0.6 is 0 Å². The number of benzene rings is 2. The van der Waals surface area contributed by atoms with Crippen LogP contribution in [-0.4, -0.2) is 43.3 Å². The molecular formula is C20H26N2O2. The van der Waals surface area contributed by atoms with E-state index in [0.29, 0.717) is 5.75 Å². The molecule has 0 radical (unpaired) electrons. The highest BCUT2D eigenvalue weighted by atomic mass is 16.5. The molecule has 2 aromatic carbocycles. The number of ether oxygens (including phenoxy) is 1. The zero-order valence-corrected chi connectivity index (χ0v) is 14.7. The van der Waals surface area contributed by atoms with Gasteiger partial charge in [0.2, 0.25) is 0 Å². The number of rotatable bonds is 4. The van der Waals surface area contributed by atoms with Gasteiger partial charge in [-0.2, -0.15) is 0 Å². The number of aromatic hydroxyl groups is 1. The van der Waals surface area contributed by atoms with Crippen molar-refractivity contribution in [2.75, 3.05) is 38.2 Å². The normalized spacial score (nSPS) is 15.5. The fourth-order valence-electron chi connectivity index (χ4n) is 3.30. The highest BCUT2D eigenvalue weighted by molar-refractivity contribution is 5.55. The third-order valence-corrected chi connectivity index (χ3v) is 4.73. The summed E-state index contributed by atoms with van der Waals surface area (Å²) in [7, 11) is 1.57. The first-order valence-electron chi connectivity index (χ1n) is 8.47. The first-order valence-corrected chi connectivity index (χ1v) is 8.47. The van der Waals surface area contributed by atoms with Crippen LogP contribution < -0.4 is 9.64 Å². The molecule has 0 bridgehead atoms. The van der Waals surface area contributed by atoms with Crippen LogP contribution in [0.15, 0.2) is 36.4 Å². The van der Waals surface area contributed by atoms with Crippen LogP contribution in [0.1, 0.15) is 16.7 Å². The number of phenolic OH excluding ortho intramolecular Hbond substituents is 1. The lowest BCUT2D eigenvalue weighted by atomic mass is 10.1. The van der Waals surface area contributed by atoms with E-state index in [1.165, 1.54) is 16.8 Å². The maximum absolute atomic E-state index is 9.92. The van der Waals surface area contributed by atoms with Gasteiger partial charge in [-0.1, -0.05) is 18.2 Å². The Balaban J connectivity index is 1.61. The summed E-state index contributed by atoms with van der Waals surface area (Å²) in [4.78, 5) is 4.91. The van der Waals surface area contributed by atoms with Crippen molar-refractivity contribution in [2.45, 2.75) is 20.4 Å². The highest BCUT2D eigenvalue weighted by Crippen LogP contribution is 2.27. The Morgan fingerprint density at radius 1 is 1.00 bits per heavy atom. The lowest BCUT2D eigenvalue weighted by molar-refractivity contribution is 0.249. The molecule has 0 atom stereocenters. The average Bonchev–Trinajstić information content (AvgIpc) is 2.58. The largest absolute Gasteiger partial charge is 0.504 e. The van der Waals surface area contributed by atoms with E-state index in [0.717, 1.165) is 38.3 Å². The van der Waals surface area contributed by atoms with Crippen molar-refractivity contribution in [3.8, 4) is 11.5 Å². The molecule has 3 rings (SSSR count). The molecule has 1 fully saturated rings. The minimum Gasteiger partial charge on any atom is -0.504 e. The monoisotopic (exact) mass is 326 g/mol. The zero-order valence-electron chi connectivity index (χ0n) is 14.7. The lowest BCUT2D eigenvalue weighted by Crippen LogP contribution is -2.46. The van der Waals surface area contributed by atoms with E-state index in [1.54, 1.807) is 13.2 Å². The second-order valence-electron chi connectivity index (χ2n) is 6.56. The molecule has 1 heterocycles. The standard InChI is InChI=1S/C20H26N2O2/c1-15-4-5-16(2)18(12-15)22-10-8-21(9-11-22)14-17-6-7-20(24-3)19(23)13-17/h4-7,12-13,23H,8-11,14H2,1-3H3. The Hall–Kier alpha value is -2.20. The van der Waals surface area contributed by atoms with Crippen LogP contribution in [0, 0.1) is 13.8 Å². The topological polar surface area (TPSA) is 35.9 Å². The molecule has 0 aliphatic carbocycles. The third-order valence-electron chi connectivity index (χ3n) is 4.73. The number of nitrogens with zero attached hydrogens (tertiary/aromatic N) is 2. The van der Waals surface area contributed by atoms with E-state index in [2.05, 4.69) is 41.8 Å². The van der Waals surface area contributed by atoms with Crippen molar-refractivity contribution >= 4 is 5.69 Å². The SMILES string of the molecule is COc1ccc(CN2CCN(c3cc(C)ccc3C)CC2)cc1O. The van der Waals surface area contributed by atoms with Crippen LogP contribution in [-0.2, 0) is 6.54 Å². The molecule has 1 aliphatic rings. The molecule has 128 valence electrons. The highest BCUT2D eigenvalue weighted by Gasteiger charge is 2.19. The summed E-state index contributed by atoms with van der Waals surface area (Å²) < 4.78 is 5.10. The van der Waals surface area contributed by atoms with Crippen molar-refractivity contribution in [1.82, 2.24) is 4.90 Å². The molecule has 0 unspecified atom stereocenters. The number of methoxy groups -OCH3 is 1. The second-order valence-corrected chi connectivity index (χ2v) is 6.56. The summed E-state index contributed by atoms with van der Waals surface area (Å²) in [5.74, 6) is 0.738. The molecule has 2 aromatic rings. The van der Waals surface area contributed by atoms with Gasteiger partial charge in [0.05, 0.1) is 7.11 Å². The van der Waals surface area contributed by atoms with Crippen LogP contribution in [0.25, 0.3) is 0 Å². The van der Waals surface area contributed by atoms with Gasteiger partial charge in [-0.25, -0.2) is 0 Å². The van der Waals surface area contributed by atoms with Gasteiger partial charge in [0, 0.05) is 38.4 Å². The van der Waals surface area contributed by atoms with Gasteiger partial charge in [-0.05, 0) is 48.7 Å². The molecule has 0 spiro atoms. The molecule has 0 saturated carbocycles. The Morgan fingerprint density at radius 2 is 1.75 bits per heavy atom. The predicted molar refractivity (Wildman–Crippen MR) is 98.1 cm³/mol. The first kappa shape index (κ1) is 16.7. The Labute approximate surface area is 144 Å². The second kappa shape index (κ2) is 7.14. The Kier molecular flexibility index (Phi) is 4.95. The molecule has 24 heavy (non-hydrogen) atoms. The number of aryl methyl sites for hydroxylation is 2. The lowest BCUT2D eigenvalue weighted by Gasteiger charge is -2.37. The minimum atomic E-state index is 0.212. The summed E-state index contributed by atoms with van der Waals surface area (Å²) in [5.41, 5.74) is 5.13. The van der Waals surface area contributed by atoms with Crippen LogP contribution in [0.5, 0.6) is 11.5 Å². The van der Waals surface area contributed by atoms with Gasteiger partial charge in [0.25, 0.3) is 0 Å². The molecule has 1 N–H and O–H groups in total. The molecular weight excluding hydrogens is 300 g/mol. The maximum atomic E-state index is 9.92. The van der Waals surface area contributed by atoms with Gasteiger partial charge in [-0.15, -0.1) is 0 Å². The van der Waals surface area contributed by atoms with Gasteiger partial charge in [-0.3, -0.25) is 4.90 Å². The quantitative estimate of drug-likeness (QED) is 0.935. The number of phenols is 1. The fraction of sp³-hybridized carbons (Fsp3) is 0.400. The van der Waals surface area contributed by atoms with E-state index in [4.69, 9.17) is 4.74 Å². The summed E-state index contributed by atoms with van der Waals surface area (Å²) in [5, 5.41) is 9.92. The van der Waals surface area contributed by atoms with Crippen molar-refractivity contribution < 1.29 is 9.84 Å². The zero-order chi connectivity index (χ0) is 17.1. The summed E-state index contributed by atoms with van der Waals surface area (Å²) in [6.45, 7) is 9.31. The van der Waals surface area contributed by atoms with Gasteiger partial charge in [0.1, 0.15) is 0 Å². The van der Waals surface area contributed by atoms with E-state index >= 15 is 0 Å². The molecule has 4 nitrogen and oxygen atoms in total. The molecule has 1 aliphatic heterocycles. The van der Waals surface area contributed by atoms with E-state index < -0.39 is 0 Å². The van der Waals surface area contributed by atoms with Crippen molar-refractivity contribution in [2.24, 2.45) is 0 Å². The van der Waals surface area contributed by atoms with Crippen molar-refractivity contribution in [1.29, 1.82) is 0 Å². The van der Waals surface area contributed by atoms with E-state index in [-0.39, 0.29) is 5.75 Å². The summed E-state index contributed by atoms with van der Waals surface area (Å²) in [6.07, 6.45) is 0. The van der Waals surface area contributed by atoms with E-state index in [1.807, 2.05) is 12.1 Å². The minimum absolute atomic E-state index is 0.212. The molecule has 0 amide bonds. The molecule has 4 heteroatoms. The Morgan fingerprint density at radius 3 is 2.42 bits per heavy atom. The smallest absolute Gasteiger partial charge is 0.160 e. The van der Waals surface area contributed by atoms with Crippen LogP contribution in [0.4, 0.5) is 5.69 Å². The predicted octanol–water partition coefficient (Wildman–Crippen LogP) is 3.34. The number of piperazine rings is 1. The number of hydrogen-bond donors (Lipinski definition) is 1. The number of hydrogen-bond acceptors (Lipinski definition) is 4. The average molecular weight is 326 g/mol. The van der Waals surface area contributed by atoms with Gasteiger partial charge >= 0.3 is 0 Å². The van der Waals surface area contributed by atoms with Gasteiger partial charge < -0.3 is 14.7 Å².